The highest BCUT2D eigenvalue weighted by molar-refractivity contribution is 5.75. The van der Waals surface area contributed by atoms with E-state index in [0.29, 0.717) is 19.8 Å². The van der Waals surface area contributed by atoms with Gasteiger partial charge in [0.1, 0.15) is 12.3 Å². The van der Waals surface area contributed by atoms with Crippen molar-refractivity contribution in [3.8, 4) is 5.75 Å². The summed E-state index contributed by atoms with van der Waals surface area (Å²) in [4.78, 5) is 26.4. The molecular weight excluding hydrogens is 346 g/mol. The second-order valence-corrected chi connectivity index (χ2v) is 6.41. The zero-order valence-electron chi connectivity index (χ0n) is 15.5. The van der Waals surface area contributed by atoms with Gasteiger partial charge in [0.05, 0.1) is 26.4 Å². The van der Waals surface area contributed by atoms with Crippen LogP contribution < -0.4 is 15.6 Å². The van der Waals surface area contributed by atoms with Crippen molar-refractivity contribution >= 4 is 5.91 Å². The molecular formula is C20H25N3O4. The Balaban J connectivity index is 1.68. The van der Waals surface area contributed by atoms with E-state index in [-0.39, 0.29) is 24.1 Å². The highest BCUT2D eigenvalue weighted by Gasteiger charge is 2.23. The highest BCUT2D eigenvalue weighted by atomic mass is 16.5. The minimum Gasteiger partial charge on any atom is -0.497 e. The van der Waals surface area contributed by atoms with E-state index < -0.39 is 0 Å². The van der Waals surface area contributed by atoms with E-state index in [2.05, 4.69) is 10.2 Å². The largest absolute Gasteiger partial charge is 0.497 e. The third kappa shape index (κ3) is 5.18. The molecule has 1 fully saturated rings. The van der Waals surface area contributed by atoms with Gasteiger partial charge in [0, 0.05) is 31.9 Å². The number of hydrogen-bond donors (Lipinski definition) is 1. The van der Waals surface area contributed by atoms with Crippen molar-refractivity contribution in [2.45, 2.75) is 12.6 Å². The summed E-state index contributed by atoms with van der Waals surface area (Å²) >= 11 is 0. The predicted molar refractivity (Wildman–Crippen MR) is 102 cm³/mol. The van der Waals surface area contributed by atoms with E-state index in [1.807, 2.05) is 24.3 Å². The number of carbonyl (C=O) groups excluding carboxylic acids is 1. The molecule has 0 spiro atoms. The molecule has 0 radical (unpaired) electrons. The van der Waals surface area contributed by atoms with Crippen molar-refractivity contribution in [1.82, 2.24) is 14.8 Å². The number of ether oxygens (including phenoxy) is 2. The average Bonchev–Trinajstić information content (AvgIpc) is 2.71. The molecule has 7 heteroatoms. The van der Waals surface area contributed by atoms with Crippen LogP contribution in [0.3, 0.4) is 0 Å². The smallest absolute Gasteiger partial charge is 0.250 e. The summed E-state index contributed by atoms with van der Waals surface area (Å²) < 4.78 is 12.1. The zero-order chi connectivity index (χ0) is 19.1. The number of methoxy groups -OCH3 is 1. The maximum Gasteiger partial charge on any atom is 0.250 e. The molecule has 27 heavy (non-hydrogen) atoms. The van der Waals surface area contributed by atoms with Gasteiger partial charge in [0.2, 0.25) is 5.91 Å². The molecule has 1 atom stereocenters. The van der Waals surface area contributed by atoms with Crippen LogP contribution in [0.1, 0.15) is 11.6 Å². The molecule has 1 saturated heterocycles. The molecule has 3 rings (SSSR count). The maximum absolute atomic E-state index is 12.3. The van der Waals surface area contributed by atoms with Gasteiger partial charge in [-0.3, -0.25) is 14.5 Å². The third-order valence-corrected chi connectivity index (χ3v) is 4.69. The number of aromatic nitrogens is 1. The minimum absolute atomic E-state index is 0.0120. The fourth-order valence-electron chi connectivity index (χ4n) is 3.19. The normalized spacial score (nSPS) is 15.9. The molecule has 1 amide bonds. The van der Waals surface area contributed by atoms with Crippen LogP contribution >= 0.6 is 0 Å². The van der Waals surface area contributed by atoms with Crippen LogP contribution in [-0.4, -0.2) is 55.3 Å². The Bertz CT molecular complexity index is 797. The Morgan fingerprint density at radius 2 is 1.93 bits per heavy atom. The van der Waals surface area contributed by atoms with Gasteiger partial charge in [-0.25, -0.2) is 0 Å². The SMILES string of the molecule is COc1ccc([C@@H](CNC(=O)Cn2ccccc2=O)N2CCOCC2)cc1. The van der Waals surface area contributed by atoms with Crippen molar-refractivity contribution in [3.63, 3.8) is 0 Å². The summed E-state index contributed by atoms with van der Waals surface area (Å²) in [6.07, 6.45) is 1.62. The van der Waals surface area contributed by atoms with Gasteiger partial charge < -0.3 is 19.4 Å². The first-order valence-electron chi connectivity index (χ1n) is 9.05. The van der Waals surface area contributed by atoms with Gasteiger partial charge in [-0.05, 0) is 23.8 Å². The number of amides is 1. The summed E-state index contributed by atoms with van der Waals surface area (Å²) in [6.45, 7) is 3.46. The minimum atomic E-state index is -0.187. The molecule has 0 aliphatic carbocycles. The highest BCUT2D eigenvalue weighted by Crippen LogP contribution is 2.23. The van der Waals surface area contributed by atoms with Crippen molar-refractivity contribution in [2.24, 2.45) is 0 Å². The van der Waals surface area contributed by atoms with Gasteiger partial charge in [-0.2, -0.15) is 0 Å². The van der Waals surface area contributed by atoms with Crippen LogP contribution in [0, 0.1) is 0 Å². The first kappa shape index (κ1) is 19.1. The molecule has 1 aliphatic heterocycles. The summed E-state index contributed by atoms with van der Waals surface area (Å²) in [7, 11) is 1.64. The van der Waals surface area contributed by atoms with Gasteiger partial charge >= 0.3 is 0 Å². The molecule has 0 unspecified atom stereocenters. The van der Waals surface area contributed by atoms with Crippen molar-refractivity contribution < 1.29 is 14.3 Å². The number of carbonyl (C=O) groups is 1. The lowest BCUT2D eigenvalue weighted by Crippen LogP contribution is -2.44. The molecule has 144 valence electrons. The van der Waals surface area contributed by atoms with Crippen LogP contribution in [0.2, 0.25) is 0 Å². The summed E-state index contributed by atoms with van der Waals surface area (Å²) in [5.74, 6) is 0.613. The molecule has 0 bridgehead atoms. The number of benzene rings is 1. The first-order chi connectivity index (χ1) is 13.2. The predicted octanol–water partition coefficient (Wildman–Crippen LogP) is 1.05. The molecule has 1 N–H and O–H groups in total. The number of pyridine rings is 1. The number of morpholine rings is 1. The second-order valence-electron chi connectivity index (χ2n) is 6.41. The number of rotatable bonds is 7. The van der Waals surface area contributed by atoms with Crippen molar-refractivity contribution in [1.29, 1.82) is 0 Å². The van der Waals surface area contributed by atoms with Crippen LogP contribution in [-0.2, 0) is 16.1 Å². The van der Waals surface area contributed by atoms with Crippen LogP contribution in [0.25, 0.3) is 0 Å². The van der Waals surface area contributed by atoms with E-state index in [0.717, 1.165) is 24.4 Å². The zero-order valence-corrected chi connectivity index (χ0v) is 15.5. The van der Waals surface area contributed by atoms with Crippen LogP contribution in [0.4, 0.5) is 0 Å². The fourth-order valence-corrected chi connectivity index (χ4v) is 3.19. The van der Waals surface area contributed by atoms with E-state index in [9.17, 15) is 9.59 Å². The Morgan fingerprint density at radius 3 is 2.59 bits per heavy atom. The van der Waals surface area contributed by atoms with Crippen LogP contribution in [0.15, 0.2) is 53.5 Å². The van der Waals surface area contributed by atoms with Crippen molar-refractivity contribution in [2.75, 3.05) is 40.0 Å². The molecule has 1 aromatic heterocycles. The van der Waals surface area contributed by atoms with E-state index in [1.165, 1.54) is 10.6 Å². The quantitative estimate of drug-likeness (QED) is 0.788. The standard InChI is InChI=1S/C20H25N3O4/c1-26-17-7-5-16(6-8-17)18(22-10-12-27-13-11-22)14-21-19(24)15-23-9-3-2-4-20(23)25/h2-9,18H,10-15H2,1H3,(H,21,24)/t18-/m1/s1. The molecule has 0 saturated carbocycles. The first-order valence-corrected chi connectivity index (χ1v) is 9.05. The van der Waals surface area contributed by atoms with Crippen LogP contribution in [0.5, 0.6) is 5.75 Å². The molecule has 2 heterocycles. The third-order valence-electron chi connectivity index (χ3n) is 4.69. The maximum atomic E-state index is 12.3. The Hall–Kier alpha value is -2.64. The second kappa shape index (κ2) is 9.34. The molecule has 1 aliphatic rings. The summed E-state index contributed by atoms with van der Waals surface area (Å²) in [5.41, 5.74) is 0.919. The van der Waals surface area contributed by atoms with Crippen molar-refractivity contribution in [3.05, 3.63) is 64.6 Å². The van der Waals surface area contributed by atoms with E-state index >= 15 is 0 Å². The number of nitrogens with one attached hydrogen (secondary N) is 1. The van der Waals surface area contributed by atoms with Gasteiger partial charge in [0.15, 0.2) is 0 Å². The molecule has 7 nitrogen and oxygen atoms in total. The molecule has 1 aromatic carbocycles. The Morgan fingerprint density at radius 1 is 1.19 bits per heavy atom. The fraction of sp³-hybridized carbons (Fsp3) is 0.400. The van der Waals surface area contributed by atoms with Gasteiger partial charge in [-0.15, -0.1) is 0 Å². The van der Waals surface area contributed by atoms with E-state index in [4.69, 9.17) is 9.47 Å². The average molecular weight is 371 g/mol. The molecule has 2 aromatic rings. The van der Waals surface area contributed by atoms with Gasteiger partial charge in [-0.1, -0.05) is 18.2 Å². The van der Waals surface area contributed by atoms with Gasteiger partial charge in [0.25, 0.3) is 5.56 Å². The topological polar surface area (TPSA) is 72.8 Å². The Labute approximate surface area is 158 Å². The lowest BCUT2D eigenvalue weighted by molar-refractivity contribution is -0.122. The monoisotopic (exact) mass is 371 g/mol. The lowest BCUT2D eigenvalue weighted by atomic mass is 10.0. The Kier molecular flexibility index (Phi) is 6.62. The number of nitrogens with zero attached hydrogens (tertiary/aromatic N) is 2. The van der Waals surface area contributed by atoms with E-state index in [1.54, 1.807) is 25.4 Å². The summed E-state index contributed by atoms with van der Waals surface area (Å²) in [6, 6.07) is 12.8. The summed E-state index contributed by atoms with van der Waals surface area (Å²) in [5, 5.41) is 2.97. The number of hydrogen-bond acceptors (Lipinski definition) is 5. The lowest BCUT2D eigenvalue weighted by Gasteiger charge is -2.35.